The Morgan fingerprint density at radius 2 is 1.93 bits per heavy atom. The van der Waals surface area contributed by atoms with E-state index < -0.39 is 5.82 Å². The number of amides is 2. The number of ether oxygens (including phenoxy) is 1. The molecule has 0 aliphatic carbocycles. The summed E-state index contributed by atoms with van der Waals surface area (Å²) >= 11 is 6.01. The van der Waals surface area contributed by atoms with Gasteiger partial charge in [-0.3, -0.25) is 4.90 Å². The largest absolute Gasteiger partial charge is 0.489 e. The Hall–Kier alpha value is -2.61. The summed E-state index contributed by atoms with van der Waals surface area (Å²) in [5, 5.41) is 0.587. The van der Waals surface area contributed by atoms with Crippen molar-refractivity contribution in [3.8, 4) is 5.75 Å². The zero-order chi connectivity index (χ0) is 18.6. The predicted octanol–water partition coefficient (Wildman–Crippen LogP) is 2.41. The Morgan fingerprint density at radius 3 is 2.67 bits per heavy atom. The minimum absolute atomic E-state index is 0.0102. The molecule has 1 aromatic carbocycles. The lowest BCUT2D eigenvalue weighted by Gasteiger charge is -2.60. The van der Waals surface area contributed by atoms with Crippen molar-refractivity contribution >= 4 is 29.3 Å². The van der Waals surface area contributed by atoms with Gasteiger partial charge in [0.05, 0.1) is 24.6 Å². The van der Waals surface area contributed by atoms with E-state index in [0.717, 1.165) is 18.8 Å². The van der Waals surface area contributed by atoms with Gasteiger partial charge in [0.2, 0.25) is 5.95 Å². The van der Waals surface area contributed by atoms with Gasteiger partial charge in [0.1, 0.15) is 12.4 Å². The minimum Gasteiger partial charge on any atom is -0.489 e. The van der Waals surface area contributed by atoms with Gasteiger partial charge in [0, 0.05) is 42.7 Å². The van der Waals surface area contributed by atoms with E-state index in [1.54, 1.807) is 17.0 Å². The summed E-state index contributed by atoms with van der Waals surface area (Å²) in [6.07, 6.45) is 2.35. The van der Waals surface area contributed by atoms with Gasteiger partial charge in [0.25, 0.3) is 0 Å². The maximum atomic E-state index is 12.9. The first-order valence-corrected chi connectivity index (χ1v) is 9.12. The molecule has 1 aromatic heterocycles. The van der Waals surface area contributed by atoms with Crippen LogP contribution in [0.5, 0.6) is 5.75 Å². The number of carbonyl (C=O) groups is 1. The van der Waals surface area contributed by atoms with Crippen LogP contribution in [0.3, 0.4) is 0 Å². The molecule has 9 heteroatoms. The Kier molecular flexibility index (Phi) is 3.65. The lowest BCUT2D eigenvalue weighted by atomic mass is 9.73. The van der Waals surface area contributed by atoms with Crippen molar-refractivity contribution < 1.29 is 13.9 Å². The van der Waals surface area contributed by atoms with Gasteiger partial charge in [-0.15, -0.1) is 0 Å². The lowest BCUT2D eigenvalue weighted by molar-refractivity contribution is 0.00883. The normalized spacial score (nSPS) is 19.9. The summed E-state index contributed by atoms with van der Waals surface area (Å²) in [4.78, 5) is 26.6. The summed E-state index contributed by atoms with van der Waals surface area (Å²) < 4.78 is 18.6. The van der Waals surface area contributed by atoms with E-state index >= 15 is 0 Å². The molecule has 2 saturated heterocycles. The van der Waals surface area contributed by atoms with E-state index in [4.69, 9.17) is 16.3 Å². The van der Waals surface area contributed by atoms with E-state index in [1.165, 1.54) is 12.4 Å². The number of carbonyl (C=O) groups excluding carboxylic acids is 1. The zero-order valence-electron chi connectivity index (χ0n) is 14.4. The van der Waals surface area contributed by atoms with Gasteiger partial charge >= 0.3 is 6.03 Å². The quantitative estimate of drug-likeness (QED) is 0.749. The van der Waals surface area contributed by atoms with Crippen molar-refractivity contribution in [2.24, 2.45) is 5.41 Å². The summed E-state index contributed by atoms with van der Waals surface area (Å²) in [6.45, 7) is 3.92. The molecule has 0 bridgehead atoms. The molecule has 5 rings (SSSR count). The topological polar surface area (TPSA) is 61.8 Å². The minimum atomic E-state index is -0.443. The Bertz CT molecular complexity index is 895. The fourth-order valence-electron chi connectivity index (χ4n) is 4.04. The number of urea groups is 1. The Labute approximate surface area is 160 Å². The number of fused-ring (bicyclic) bond motifs is 1. The number of rotatable bonds is 1. The highest BCUT2D eigenvalue weighted by Gasteiger charge is 2.54. The maximum absolute atomic E-state index is 12.9. The van der Waals surface area contributed by atoms with E-state index in [9.17, 15) is 9.18 Å². The SMILES string of the molecule is O=C(N1CC2(C1)CN(c1ncc(F)cn1)C2)N1CCOc2cc(Cl)ccc21. The highest BCUT2D eigenvalue weighted by atomic mass is 35.5. The van der Waals surface area contributed by atoms with Crippen LogP contribution < -0.4 is 14.5 Å². The van der Waals surface area contributed by atoms with Crippen LogP contribution in [0.25, 0.3) is 0 Å². The first-order chi connectivity index (χ1) is 13.0. The molecule has 1 spiro atoms. The fraction of sp³-hybridized carbons (Fsp3) is 0.389. The van der Waals surface area contributed by atoms with Crippen LogP contribution in [0.4, 0.5) is 20.8 Å². The molecule has 2 fully saturated rings. The number of nitrogens with zero attached hydrogens (tertiary/aromatic N) is 5. The van der Waals surface area contributed by atoms with Gasteiger partial charge in [-0.25, -0.2) is 19.2 Å². The highest BCUT2D eigenvalue weighted by molar-refractivity contribution is 6.30. The highest BCUT2D eigenvalue weighted by Crippen LogP contribution is 2.42. The Morgan fingerprint density at radius 1 is 1.19 bits per heavy atom. The second kappa shape index (κ2) is 5.95. The van der Waals surface area contributed by atoms with Crippen molar-refractivity contribution in [3.63, 3.8) is 0 Å². The van der Waals surface area contributed by atoms with Crippen molar-refractivity contribution in [1.82, 2.24) is 14.9 Å². The monoisotopic (exact) mass is 389 g/mol. The van der Waals surface area contributed by atoms with Gasteiger partial charge < -0.3 is 14.5 Å². The molecule has 0 saturated carbocycles. The number of hydrogen-bond donors (Lipinski definition) is 0. The first-order valence-electron chi connectivity index (χ1n) is 8.74. The summed E-state index contributed by atoms with van der Waals surface area (Å²) in [6, 6.07) is 5.31. The molecule has 2 aromatic rings. The predicted molar refractivity (Wildman–Crippen MR) is 97.9 cm³/mol. The third-order valence-electron chi connectivity index (χ3n) is 5.28. The fourth-order valence-corrected chi connectivity index (χ4v) is 4.20. The van der Waals surface area contributed by atoms with E-state index in [2.05, 4.69) is 9.97 Å². The molecule has 3 aliphatic heterocycles. The van der Waals surface area contributed by atoms with Crippen molar-refractivity contribution in [2.45, 2.75) is 0 Å². The van der Waals surface area contributed by atoms with Crippen molar-refractivity contribution in [2.75, 3.05) is 49.1 Å². The van der Waals surface area contributed by atoms with Gasteiger partial charge in [-0.1, -0.05) is 11.6 Å². The number of hydrogen-bond acceptors (Lipinski definition) is 5. The standard InChI is InChI=1S/C18H17ClFN5O2/c19-12-1-2-14-15(5-12)27-4-3-25(14)17(26)24-10-18(11-24)8-23(9-18)16-21-6-13(20)7-22-16/h1-2,5-7H,3-4,8-11H2. The smallest absolute Gasteiger partial charge is 0.324 e. The molecular formula is C18H17ClFN5O2. The number of anilines is 2. The average Bonchev–Trinajstić information content (AvgIpc) is 2.59. The van der Waals surface area contributed by atoms with E-state index in [1.807, 2.05) is 15.9 Å². The second-order valence-corrected chi connectivity index (χ2v) is 7.74. The average molecular weight is 390 g/mol. The van der Waals surface area contributed by atoms with Crippen molar-refractivity contribution in [1.29, 1.82) is 0 Å². The summed E-state index contributed by atoms with van der Waals surface area (Å²) in [5.41, 5.74) is 0.842. The van der Waals surface area contributed by atoms with Crippen molar-refractivity contribution in [3.05, 3.63) is 41.4 Å². The van der Waals surface area contributed by atoms with Gasteiger partial charge in [0.15, 0.2) is 5.82 Å². The zero-order valence-corrected chi connectivity index (χ0v) is 15.2. The van der Waals surface area contributed by atoms with Gasteiger partial charge in [-0.2, -0.15) is 0 Å². The molecule has 0 unspecified atom stereocenters. The molecule has 0 atom stereocenters. The third kappa shape index (κ3) is 2.75. The number of benzene rings is 1. The second-order valence-electron chi connectivity index (χ2n) is 7.31. The summed E-state index contributed by atoms with van der Waals surface area (Å²) in [7, 11) is 0. The van der Waals surface area contributed by atoms with Crippen LogP contribution in [0.1, 0.15) is 0 Å². The number of aromatic nitrogens is 2. The van der Waals surface area contributed by atoms with Crippen LogP contribution >= 0.6 is 11.6 Å². The Balaban J connectivity index is 1.22. The molecule has 27 heavy (non-hydrogen) atoms. The number of halogens is 2. The van der Waals surface area contributed by atoms with Crippen LogP contribution in [-0.4, -0.2) is 60.2 Å². The van der Waals surface area contributed by atoms with E-state index in [0.29, 0.717) is 43.0 Å². The maximum Gasteiger partial charge on any atom is 0.324 e. The number of likely N-dealkylation sites (tertiary alicyclic amines) is 1. The molecule has 3 aliphatic rings. The van der Waals surface area contributed by atoms with Gasteiger partial charge in [-0.05, 0) is 12.1 Å². The first kappa shape index (κ1) is 16.6. The third-order valence-corrected chi connectivity index (χ3v) is 5.52. The molecule has 140 valence electrons. The van der Waals surface area contributed by atoms with Crippen LogP contribution in [-0.2, 0) is 0 Å². The molecule has 7 nitrogen and oxygen atoms in total. The molecule has 2 amide bonds. The van der Waals surface area contributed by atoms with Crippen LogP contribution in [0.2, 0.25) is 5.02 Å². The summed E-state index contributed by atoms with van der Waals surface area (Å²) in [5.74, 6) is 0.730. The molecule has 0 radical (unpaired) electrons. The van der Waals surface area contributed by atoms with E-state index in [-0.39, 0.29) is 11.4 Å². The molecule has 0 N–H and O–H groups in total. The molecular weight excluding hydrogens is 373 g/mol. The lowest BCUT2D eigenvalue weighted by Crippen LogP contribution is -2.74. The van der Waals surface area contributed by atoms with Crippen LogP contribution in [0, 0.1) is 11.2 Å². The van der Waals surface area contributed by atoms with Crippen LogP contribution in [0.15, 0.2) is 30.6 Å². The molecule has 4 heterocycles.